The number of aryl methyl sites for hydroxylation is 1. The van der Waals surface area contributed by atoms with E-state index in [-0.39, 0.29) is 11.9 Å². The van der Waals surface area contributed by atoms with Gasteiger partial charge in [-0.05, 0) is 68.4 Å². The number of carbonyl (C=O) groups is 1. The van der Waals surface area contributed by atoms with Crippen molar-refractivity contribution in [2.24, 2.45) is 5.92 Å². The number of nitrogens with zero attached hydrogens (tertiary/aromatic N) is 2. The number of piperidine rings is 1. The fourth-order valence-corrected chi connectivity index (χ4v) is 5.12. The van der Waals surface area contributed by atoms with Gasteiger partial charge in [0, 0.05) is 23.5 Å². The quantitative estimate of drug-likeness (QED) is 0.577. The topological polar surface area (TPSA) is 87.2 Å². The second-order valence-electron chi connectivity index (χ2n) is 8.20. The molecule has 3 heterocycles. The van der Waals surface area contributed by atoms with Crippen LogP contribution in [0.1, 0.15) is 48.0 Å². The lowest BCUT2D eigenvalue weighted by molar-refractivity contribution is 0.0915. The van der Waals surface area contributed by atoms with E-state index >= 15 is 0 Å². The van der Waals surface area contributed by atoms with Gasteiger partial charge >= 0.3 is 11.1 Å². The first-order valence-electron chi connectivity index (χ1n) is 10.8. The normalized spacial score (nSPS) is 16.5. The Kier molecular flexibility index (Phi) is 6.38. The molecule has 1 aromatic carbocycles. The van der Waals surface area contributed by atoms with Crippen LogP contribution in [-0.2, 0) is 6.54 Å². The van der Waals surface area contributed by atoms with Gasteiger partial charge in [0.25, 0.3) is 5.91 Å². The van der Waals surface area contributed by atoms with Crippen LogP contribution in [0.3, 0.4) is 0 Å². The molecule has 164 valence electrons. The lowest BCUT2D eigenvalue weighted by Gasteiger charge is -2.36. The largest absolute Gasteiger partial charge is 0.350 e. The van der Waals surface area contributed by atoms with Crippen molar-refractivity contribution in [3.63, 3.8) is 0 Å². The van der Waals surface area contributed by atoms with Crippen LogP contribution >= 0.6 is 11.3 Å². The molecular weight excluding hydrogens is 412 g/mol. The van der Waals surface area contributed by atoms with Crippen LogP contribution in [0.5, 0.6) is 0 Å². The van der Waals surface area contributed by atoms with Crippen LogP contribution in [0.2, 0.25) is 0 Å². The fourth-order valence-electron chi connectivity index (χ4n) is 4.26. The Morgan fingerprint density at radius 2 is 2.03 bits per heavy atom. The number of amides is 1. The van der Waals surface area contributed by atoms with Crippen molar-refractivity contribution in [2.75, 3.05) is 19.6 Å². The standard InChI is InChI=1S/C23H28N4O3S/c1-3-27-18-7-6-16(13-17(18)25-22(29)23(27)30)21(28)24-14-19(20-5-4-12-31-20)26-10-8-15(2)9-11-26/h4-7,12-13,15,19H,3,8-11,14H2,1-2H3,(H,24,28)(H,25,29)/t19-/m1/s1. The Morgan fingerprint density at radius 1 is 1.26 bits per heavy atom. The lowest BCUT2D eigenvalue weighted by atomic mass is 9.97. The second kappa shape index (κ2) is 9.20. The Morgan fingerprint density at radius 3 is 2.71 bits per heavy atom. The molecular formula is C23H28N4O3S. The molecule has 4 rings (SSSR count). The van der Waals surface area contributed by atoms with E-state index in [9.17, 15) is 14.4 Å². The predicted octanol–water partition coefficient (Wildman–Crippen LogP) is 2.97. The highest BCUT2D eigenvalue weighted by Crippen LogP contribution is 2.29. The average Bonchev–Trinajstić information content (AvgIpc) is 3.30. The Balaban J connectivity index is 1.54. The van der Waals surface area contributed by atoms with Gasteiger partial charge in [-0.15, -0.1) is 11.3 Å². The van der Waals surface area contributed by atoms with Gasteiger partial charge in [-0.1, -0.05) is 13.0 Å². The third kappa shape index (κ3) is 4.50. The Bertz CT molecular complexity index is 1170. The number of rotatable bonds is 6. The first kappa shape index (κ1) is 21.5. The van der Waals surface area contributed by atoms with Gasteiger partial charge in [0.05, 0.1) is 17.1 Å². The Labute approximate surface area is 184 Å². The molecule has 1 aliphatic rings. The molecule has 0 aliphatic carbocycles. The van der Waals surface area contributed by atoms with Crippen LogP contribution in [0, 0.1) is 5.92 Å². The summed E-state index contributed by atoms with van der Waals surface area (Å²) in [6, 6.07) is 9.39. The van der Waals surface area contributed by atoms with Crippen molar-refractivity contribution < 1.29 is 4.79 Å². The molecule has 8 heteroatoms. The number of benzene rings is 1. The van der Waals surface area contributed by atoms with Gasteiger partial charge in [-0.25, -0.2) is 0 Å². The van der Waals surface area contributed by atoms with Gasteiger partial charge < -0.3 is 14.9 Å². The number of hydrogen-bond donors (Lipinski definition) is 2. The van der Waals surface area contributed by atoms with Crippen LogP contribution in [0.4, 0.5) is 0 Å². The highest BCUT2D eigenvalue weighted by molar-refractivity contribution is 7.10. The minimum atomic E-state index is -0.677. The molecule has 0 radical (unpaired) electrons. The van der Waals surface area contributed by atoms with Crippen molar-refractivity contribution >= 4 is 28.3 Å². The van der Waals surface area contributed by atoms with E-state index in [1.807, 2.05) is 13.0 Å². The van der Waals surface area contributed by atoms with E-state index in [1.165, 1.54) is 22.3 Å². The van der Waals surface area contributed by atoms with E-state index < -0.39 is 11.1 Å². The first-order chi connectivity index (χ1) is 15.0. The van der Waals surface area contributed by atoms with E-state index in [4.69, 9.17) is 0 Å². The average molecular weight is 441 g/mol. The molecule has 1 aliphatic heterocycles. The molecule has 7 nitrogen and oxygen atoms in total. The van der Waals surface area contributed by atoms with Crippen LogP contribution in [0.15, 0.2) is 45.3 Å². The van der Waals surface area contributed by atoms with E-state index in [2.05, 4.69) is 33.6 Å². The molecule has 1 saturated heterocycles. The number of carbonyl (C=O) groups excluding carboxylic acids is 1. The number of hydrogen-bond acceptors (Lipinski definition) is 5. The maximum atomic E-state index is 12.9. The second-order valence-corrected chi connectivity index (χ2v) is 9.17. The van der Waals surface area contributed by atoms with Gasteiger partial charge in [0.1, 0.15) is 0 Å². The summed E-state index contributed by atoms with van der Waals surface area (Å²) in [6.45, 7) is 7.09. The smallest absolute Gasteiger partial charge is 0.316 e. The third-order valence-corrected chi connectivity index (χ3v) is 7.11. The summed E-state index contributed by atoms with van der Waals surface area (Å²) in [7, 11) is 0. The minimum absolute atomic E-state index is 0.155. The molecule has 1 atom stereocenters. The zero-order valence-corrected chi connectivity index (χ0v) is 18.7. The van der Waals surface area contributed by atoms with Crippen molar-refractivity contribution in [3.05, 3.63) is 66.9 Å². The van der Waals surface area contributed by atoms with Crippen LogP contribution in [0.25, 0.3) is 11.0 Å². The van der Waals surface area contributed by atoms with Gasteiger partial charge in [0.15, 0.2) is 0 Å². The molecule has 0 spiro atoms. The predicted molar refractivity (Wildman–Crippen MR) is 124 cm³/mol. The van der Waals surface area contributed by atoms with Crippen molar-refractivity contribution in [3.8, 4) is 0 Å². The SMILES string of the molecule is CCn1c(=O)c(=O)[nH]c2cc(C(=O)NC[C@H](c3cccs3)N3CCC(C)CC3)ccc21. The van der Waals surface area contributed by atoms with E-state index in [0.717, 1.165) is 19.0 Å². The minimum Gasteiger partial charge on any atom is -0.350 e. The molecule has 0 saturated carbocycles. The molecule has 2 N–H and O–H groups in total. The van der Waals surface area contributed by atoms with E-state index in [0.29, 0.717) is 29.7 Å². The zero-order chi connectivity index (χ0) is 22.0. The number of likely N-dealkylation sites (tertiary alicyclic amines) is 1. The molecule has 0 bridgehead atoms. The number of thiophene rings is 1. The summed E-state index contributed by atoms with van der Waals surface area (Å²) in [4.78, 5) is 43.2. The molecule has 1 amide bonds. The summed E-state index contributed by atoms with van der Waals surface area (Å²) in [6.07, 6.45) is 2.35. The van der Waals surface area contributed by atoms with Gasteiger partial charge in [0.2, 0.25) is 0 Å². The highest BCUT2D eigenvalue weighted by atomic mass is 32.1. The summed E-state index contributed by atoms with van der Waals surface area (Å²) < 4.78 is 1.42. The number of aromatic amines is 1. The molecule has 31 heavy (non-hydrogen) atoms. The van der Waals surface area contributed by atoms with Crippen molar-refractivity contribution in [1.29, 1.82) is 0 Å². The zero-order valence-electron chi connectivity index (χ0n) is 17.9. The van der Waals surface area contributed by atoms with Crippen molar-refractivity contribution in [1.82, 2.24) is 19.8 Å². The summed E-state index contributed by atoms with van der Waals surface area (Å²) >= 11 is 1.72. The summed E-state index contributed by atoms with van der Waals surface area (Å²) in [5.74, 6) is 0.555. The summed E-state index contributed by atoms with van der Waals surface area (Å²) in [5.41, 5.74) is 0.300. The van der Waals surface area contributed by atoms with Gasteiger partial charge in [-0.3, -0.25) is 19.3 Å². The van der Waals surface area contributed by atoms with Crippen molar-refractivity contribution in [2.45, 2.75) is 39.3 Å². The number of H-pyrrole nitrogens is 1. The highest BCUT2D eigenvalue weighted by Gasteiger charge is 2.26. The monoisotopic (exact) mass is 440 g/mol. The molecule has 0 unspecified atom stereocenters. The number of nitrogens with one attached hydrogen (secondary N) is 2. The summed E-state index contributed by atoms with van der Waals surface area (Å²) in [5, 5.41) is 5.15. The third-order valence-electron chi connectivity index (χ3n) is 6.14. The maximum Gasteiger partial charge on any atom is 0.316 e. The fraction of sp³-hybridized carbons (Fsp3) is 0.435. The maximum absolute atomic E-state index is 12.9. The lowest BCUT2D eigenvalue weighted by Crippen LogP contribution is -2.41. The Hall–Kier alpha value is -2.71. The van der Waals surface area contributed by atoms with E-state index in [1.54, 1.807) is 29.5 Å². The molecule has 3 aromatic rings. The molecule has 1 fully saturated rings. The van der Waals surface area contributed by atoms with Gasteiger partial charge in [-0.2, -0.15) is 0 Å². The number of aromatic nitrogens is 2. The first-order valence-corrected chi connectivity index (χ1v) is 11.7. The van der Waals surface area contributed by atoms with Crippen LogP contribution in [-0.4, -0.2) is 40.0 Å². The van der Waals surface area contributed by atoms with Crippen LogP contribution < -0.4 is 16.4 Å². The molecule has 2 aromatic heterocycles. The number of fused-ring (bicyclic) bond motifs is 1.